The number of carbonyl (C=O) groups excluding carboxylic acids is 3. The first-order valence-corrected chi connectivity index (χ1v) is 11.6. The van der Waals surface area contributed by atoms with E-state index in [2.05, 4.69) is 5.16 Å². The number of ketones is 3. The first-order chi connectivity index (χ1) is 15.2. The molecule has 0 bridgehead atoms. The van der Waals surface area contributed by atoms with Crippen molar-refractivity contribution in [3.8, 4) is 0 Å². The minimum absolute atomic E-state index is 0.0508. The van der Waals surface area contributed by atoms with Crippen molar-refractivity contribution in [1.82, 2.24) is 5.16 Å². The third-order valence-corrected chi connectivity index (χ3v) is 7.51. The fourth-order valence-corrected chi connectivity index (χ4v) is 5.54. The Labute approximate surface area is 192 Å². The third kappa shape index (κ3) is 3.55. The van der Waals surface area contributed by atoms with Crippen LogP contribution in [0.3, 0.4) is 0 Å². The van der Waals surface area contributed by atoms with Gasteiger partial charge in [-0.1, -0.05) is 60.9 Å². The molecular weight excluding hydrogens is 450 g/mol. The topological polar surface area (TPSA) is 94.3 Å². The van der Waals surface area contributed by atoms with Crippen LogP contribution >= 0.6 is 11.6 Å². The van der Waals surface area contributed by atoms with Gasteiger partial charge in [-0.05, 0) is 35.2 Å². The summed E-state index contributed by atoms with van der Waals surface area (Å²) in [6.45, 7) is 3.50. The highest BCUT2D eigenvalue weighted by molar-refractivity contribution is 7.84. The van der Waals surface area contributed by atoms with Gasteiger partial charge in [-0.15, -0.1) is 0 Å². The highest BCUT2D eigenvalue weighted by atomic mass is 35.5. The van der Waals surface area contributed by atoms with Gasteiger partial charge in [0.2, 0.25) is 11.6 Å². The van der Waals surface area contributed by atoms with Crippen molar-refractivity contribution in [3.05, 3.63) is 82.7 Å². The van der Waals surface area contributed by atoms with E-state index in [1.807, 2.05) is 6.07 Å². The number of rotatable bonds is 5. The van der Waals surface area contributed by atoms with Crippen LogP contribution in [0.1, 0.15) is 37.3 Å². The summed E-state index contributed by atoms with van der Waals surface area (Å²) in [5, 5.41) is 4.60. The van der Waals surface area contributed by atoms with Gasteiger partial charge < -0.3 is 4.52 Å². The maximum absolute atomic E-state index is 13.5. The van der Waals surface area contributed by atoms with Gasteiger partial charge in [-0.3, -0.25) is 18.6 Å². The smallest absolute Gasteiger partial charge is 0.265 e. The summed E-state index contributed by atoms with van der Waals surface area (Å²) >= 11 is 6.05. The van der Waals surface area contributed by atoms with Crippen LogP contribution < -0.4 is 0 Å². The lowest BCUT2D eigenvalue weighted by Crippen LogP contribution is -2.59. The number of benzene rings is 2. The summed E-state index contributed by atoms with van der Waals surface area (Å²) in [6.07, 6.45) is -0.127. The van der Waals surface area contributed by atoms with E-state index in [0.717, 1.165) is 0 Å². The molecule has 0 saturated heterocycles. The predicted octanol–water partition coefficient (Wildman–Crippen LogP) is 4.06. The van der Waals surface area contributed by atoms with Crippen LogP contribution in [0.15, 0.2) is 70.1 Å². The summed E-state index contributed by atoms with van der Waals surface area (Å²) in [4.78, 5) is 38.9. The average molecular weight is 470 g/mol. The van der Waals surface area contributed by atoms with E-state index < -0.39 is 39.0 Å². The Bertz CT molecular complexity index is 1230. The van der Waals surface area contributed by atoms with E-state index in [4.69, 9.17) is 16.1 Å². The molecular formula is C24H20ClNO5S. The Kier molecular flexibility index (Phi) is 5.73. The summed E-state index contributed by atoms with van der Waals surface area (Å²) in [5.41, 5.74) is -1.83. The normalized spacial score (nSPS) is 21.5. The number of carbonyl (C=O) groups is 3. The molecule has 1 heterocycles. The zero-order valence-electron chi connectivity index (χ0n) is 17.5. The second-order valence-electron chi connectivity index (χ2n) is 8.38. The fraction of sp³-hybridized carbons (Fsp3) is 0.250. The molecule has 6 nitrogen and oxygen atoms in total. The van der Waals surface area contributed by atoms with Crippen LogP contribution in [0.4, 0.5) is 0 Å². The molecule has 2 unspecified atom stereocenters. The van der Waals surface area contributed by atoms with Crippen LogP contribution in [0.25, 0.3) is 0 Å². The third-order valence-electron chi connectivity index (χ3n) is 5.92. The number of halogens is 1. The molecule has 8 heteroatoms. The minimum Gasteiger partial charge on any atom is -0.360 e. The van der Waals surface area contributed by atoms with Crippen molar-refractivity contribution < 1.29 is 23.1 Å². The molecule has 164 valence electrons. The molecule has 2 atom stereocenters. The first kappa shape index (κ1) is 22.3. The Hall–Kier alpha value is -2.90. The molecule has 32 heavy (non-hydrogen) atoms. The zero-order chi connectivity index (χ0) is 23.1. The quantitative estimate of drug-likeness (QED) is 0.523. The molecule has 0 N–H and O–H groups in total. The second kappa shape index (κ2) is 8.22. The monoisotopic (exact) mass is 469 g/mol. The number of Topliss-reactive ketones (excluding diaryl/α,β-unsaturated/α-hetero) is 3. The molecule has 1 saturated carbocycles. The van der Waals surface area contributed by atoms with Gasteiger partial charge >= 0.3 is 0 Å². The fourth-order valence-electron chi connectivity index (χ4n) is 4.39. The standard InChI is InChI=1S/C24H20ClNO5S/c1-23(2)13-19(27)21(28)22(29)24(23,15-8-10-16(25)11-9-15)20-12-17(31-26-20)14-32(30)18-6-4-3-5-7-18/h3-12H,13-14H2,1-2H3. The molecule has 1 aromatic heterocycles. The molecule has 2 aromatic carbocycles. The van der Waals surface area contributed by atoms with Gasteiger partial charge in [0.25, 0.3) is 5.78 Å². The van der Waals surface area contributed by atoms with E-state index in [0.29, 0.717) is 21.2 Å². The Morgan fingerprint density at radius 3 is 2.34 bits per heavy atom. The van der Waals surface area contributed by atoms with Gasteiger partial charge in [0, 0.05) is 22.4 Å². The van der Waals surface area contributed by atoms with Crippen LogP contribution in [0, 0.1) is 5.41 Å². The Morgan fingerprint density at radius 2 is 1.69 bits per heavy atom. The van der Waals surface area contributed by atoms with E-state index >= 15 is 0 Å². The predicted molar refractivity (Wildman–Crippen MR) is 119 cm³/mol. The maximum Gasteiger partial charge on any atom is 0.265 e. The van der Waals surface area contributed by atoms with Crippen LogP contribution in [0.2, 0.25) is 5.02 Å². The molecule has 1 aliphatic rings. The summed E-state index contributed by atoms with van der Waals surface area (Å²) in [7, 11) is -1.38. The highest BCUT2D eigenvalue weighted by Gasteiger charge is 2.62. The molecule has 0 radical (unpaired) electrons. The minimum atomic E-state index is -1.54. The van der Waals surface area contributed by atoms with Crippen LogP contribution in [-0.2, 0) is 36.4 Å². The number of nitrogens with zero attached hydrogens (tertiary/aromatic N) is 1. The van der Waals surface area contributed by atoms with Crippen molar-refractivity contribution in [3.63, 3.8) is 0 Å². The van der Waals surface area contributed by atoms with E-state index in [1.54, 1.807) is 68.4 Å². The molecule has 0 amide bonds. The summed E-state index contributed by atoms with van der Waals surface area (Å²) < 4.78 is 18.2. The lowest BCUT2D eigenvalue weighted by Gasteiger charge is -2.46. The van der Waals surface area contributed by atoms with E-state index in [1.165, 1.54) is 0 Å². The second-order valence-corrected chi connectivity index (χ2v) is 10.3. The molecule has 3 aromatic rings. The first-order valence-electron chi connectivity index (χ1n) is 9.94. The molecule has 1 fully saturated rings. The van der Waals surface area contributed by atoms with Gasteiger partial charge in [-0.25, -0.2) is 0 Å². The number of hydrogen-bond acceptors (Lipinski definition) is 6. The van der Waals surface area contributed by atoms with Crippen molar-refractivity contribution in [2.45, 2.75) is 36.3 Å². The average Bonchev–Trinajstić information content (AvgIpc) is 3.22. The van der Waals surface area contributed by atoms with Gasteiger partial charge in [0.15, 0.2) is 0 Å². The SMILES string of the molecule is CC1(C)CC(=O)C(=O)C(=O)C1(c1ccc(Cl)cc1)c1cc(CS(=O)c2ccccc2)on1. The zero-order valence-corrected chi connectivity index (χ0v) is 19.0. The number of hydrogen-bond donors (Lipinski definition) is 0. The van der Waals surface area contributed by atoms with Crippen LogP contribution in [0.5, 0.6) is 0 Å². The van der Waals surface area contributed by atoms with Crippen molar-refractivity contribution in [1.29, 1.82) is 0 Å². The lowest BCUT2D eigenvalue weighted by atomic mass is 9.52. The molecule has 0 aliphatic heterocycles. The Balaban J connectivity index is 1.83. The van der Waals surface area contributed by atoms with Crippen molar-refractivity contribution >= 4 is 39.8 Å². The Morgan fingerprint density at radius 1 is 1.03 bits per heavy atom. The van der Waals surface area contributed by atoms with Gasteiger partial charge in [0.05, 0.1) is 16.6 Å². The molecule has 1 aliphatic carbocycles. The number of aromatic nitrogens is 1. The van der Waals surface area contributed by atoms with Crippen LogP contribution in [-0.4, -0.2) is 26.7 Å². The van der Waals surface area contributed by atoms with Gasteiger partial charge in [-0.2, -0.15) is 0 Å². The van der Waals surface area contributed by atoms with E-state index in [-0.39, 0.29) is 17.9 Å². The van der Waals surface area contributed by atoms with Crippen molar-refractivity contribution in [2.75, 3.05) is 0 Å². The van der Waals surface area contributed by atoms with E-state index in [9.17, 15) is 18.6 Å². The molecule has 0 spiro atoms. The van der Waals surface area contributed by atoms with Gasteiger partial charge in [0.1, 0.15) is 16.9 Å². The summed E-state index contributed by atoms with van der Waals surface area (Å²) in [6, 6.07) is 17.0. The largest absolute Gasteiger partial charge is 0.360 e. The highest BCUT2D eigenvalue weighted by Crippen LogP contribution is 2.52. The summed E-state index contributed by atoms with van der Waals surface area (Å²) in [5.74, 6) is -2.28. The lowest BCUT2D eigenvalue weighted by molar-refractivity contribution is -0.152. The molecule has 4 rings (SSSR count). The van der Waals surface area contributed by atoms with Crippen molar-refractivity contribution in [2.24, 2.45) is 5.41 Å². The maximum atomic E-state index is 13.5.